The van der Waals surface area contributed by atoms with Gasteiger partial charge in [0.25, 0.3) is 0 Å². The number of rotatable bonds is 5. The van der Waals surface area contributed by atoms with Crippen molar-refractivity contribution in [2.45, 2.75) is 55.9 Å². The number of carboxylic acids is 1. The molecule has 1 aromatic rings. The van der Waals surface area contributed by atoms with Gasteiger partial charge in [0.2, 0.25) is 5.91 Å². The van der Waals surface area contributed by atoms with Crippen LogP contribution in [0.3, 0.4) is 0 Å². The highest BCUT2D eigenvalue weighted by Gasteiger charge is 2.32. The zero-order valence-corrected chi connectivity index (χ0v) is 14.9. The highest BCUT2D eigenvalue weighted by atomic mass is 32.2. The lowest BCUT2D eigenvalue weighted by atomic mass is 10.0. The molecule has 1 unspecified atom stereocenters. The Hall–Kier alpha value is -1.89. The molecule has 0 saturated carbocycles. The van der Waals surface area contributed by atoms with Crippen LogP contribution in [0.1, 0.15) is 43.2 Å². The fourth-order valence-corrected chi connectivity index (χ4v) is 4.99. The molecule has 136 valence electrons. The summed E-state index contributed by atoms with van der Waals surface area (Å²) >= 11 is 0. The monoisotopic (exact) mass is 365 g/mol. The van der Waals surface area contributed by atoms with Crippen LogP contribution in [0, 0.1) is 0 Å². The first-order valence-corrected chi connectivity index (χ1v) is 10.4. The molecule has 7 heteroatoms. The van der Waals surface area contributed by atoms with Gasteiger partial charge in [0.05, 0.1) is 10.6 Å². The number of carbonyl (C=O) groups excluding carboxylic acids is 1. The van der Waals surface area contributed by atoms with E-state index in [0.717, 1.165) is 37.7 Å². The summed E-state index contributed by atoms with van der Waals surface area (Å²) in [6.07, 6.45) is 4.71. The Labute approximate surface area is 147 Å². The molecule has 1 aliphatic carbocycles. The van der Waals surface area contributed by atoms with Gasteiger partial charge in [0.1, 0.15) is 6.04 Å². The predicted octanol–water partition coefficient (Wildman–Crippen LogP) is 1.80. The third-order valence-corrected chi connectivity index (χ3v) is 6.84. The molecular formula is C18H23NO5S. The highest BCUT2D eigenvalue weighted by molar-refractivity contribution is 7.91. The van der Waals surface area contributed by atoms with Crippen molar-refractivity contribution in [3.8, 4) is 0 Å². The average Bonchev–Trinajstić information content (AvgIpc) is 3.07. The van der Waals surface area contributed by atoms with Gasteiger partial charge >= 0.3 is 5.97 Å². The Balaban J connectivity index is 1.67. The van der Waals surface area contributed by atoms with E-state index in [1.165, 1.54) is 10.5 Å². The summed E-state index contributed by atoms with van der Waals surface area (Å²) in [6, 6.07) is 4.37. The van der Waals surface area contributed by atoms with Gasteiger partial charge in [-0.1, -0.05) is 6.07 Å². The van der Waals surface area contributed by atoms with Gasteiger partial charge in [0, 0.05) is 13.0 Å². The molecule has 1 N–H and O–H groups in total. The lowest BCUT2D eigenvalue weighted by Gasteiger charge is -2.33. The second kappa shape index (κ2) is 7.15. The third-order valence-electron chi connectivity index (χ3n) is 5.12. The number of aliphatic carboxylic acids is 1. The number of carboxylic acid groups (broad SMARTS) is 1. The largest absolute Gasteiger partial charge is 0.480 e. The molecule has 1 aromatic carbocycles. The van der Waals surface area contributed by atoms with Gasteiger partial charge in [-0.25, -0.2) is 13.2 Å². The van der Waals surface area contributed by atoms with Crippen LogP contribution in [-0.4, -0.2) is 48.6 Å². The summed E-state index contributed by atoms with van der Waals surface area (Å²) in [7, 11) is -3.55. The maximum absolute atomic E-state index is 12.5. The van der Waals surface area contributed by atoms with Crippen LogP contribution >= 0.6 is 0 Å². The van der Waals surface area contributed by atoms with E-state index >= 15 is 0 Å². The maximum Gasteiger partial charge on any atom is 0.326 e. The smallest absolute Gasteiger partial charge is 0.326 e. The SMILES string of the molecule is O=C(O)C1CCCCN1C(=O)CCS(=O)(=O)c1ccc2c(c1)CCC2. The first kappa shape index (κ1) is 17.9. The van der Waals surface area contributed by atoms with Crippen molar-refractivity contribution < 1.29 is 23.1 Å². The number of likely N-dealkylation sites (tertiary alicyclic amines) is 1. The molecule has 1 saturated heterocycles. The Morgan fingerprint density at radius 1 is 1.12 bits per heavy atom. The van der Waals surface area contributed by atoms with Crippen LogP contribution < -0.4 is 0 Å². The average molecular weight is 365 g/mol. The summed E-state index contributed by atoms with van der Waals surface area (Å²) < 4.78 is 25.1. The lowest BCUT2D eigenvalue weighted by Crippen LogP contribution is -2.48. The number of benzene rings is 1. The first-order chi connectivity index (χ1) is 11.9. The molecular weight excluding hydrogens is 342 g/mol. The molecule has 1 fully saturated rings. The van der Waals surface area contributed by atoms with Gasteiger partial charge in [-0.15, -0.1) is 0 Å². The fourth-order valence-electron chi connectivity index (χ4n) is 3.71. The normalized spacial score (nSPS) is 20.3. The van der Waals surface area contributed by atoms with Crippen molar-refractivity contribution in [2.75, 3.05) is 12.3 Å². The number of carbonyl (C=O) groups is 2. The van der Waals surface area contributed by atoms with Gasteiger partial charge < -0.3 is 10.0 Å². The molecule has 0 bridgehead atoms. The number of fused-ring (bicyclic) bond motifs is 1. The van der Waals surface area contributed by atoms with E-state index in [4.69, 9.17) is 0 Å². The number of aryl methyl sites for hydroxylation is 2. The lowest BCUT2D eigenvalue weighted by molar-refractivity contribution is -0.151. The summed E-state index contributed by atoms with van der Waals surface area (Å²) in [5.74, 6) is -1.70. The number of piperidine rings is 1. The second-order valence-electron chi connectivity index (χ2n) is 6.79. The molecule has 2 aliphatic rings. The standard InChI is InChI=1S/C18H23NO5S/c20-17(19-10-2-1-6-16(19)18(21)22)9-11-25(23,24)15-8-7-13-4-3-5-14(13)12-15/h7-8,12,16H,1-6,9-11H2,(H,21,22). The zero-order valence-electron chi connectivity index (χ0n) is 14.1. The molecule has 6 nitrogen and oxygen atoms in total. The first-order valence-electron chi connectivity index (χ1n) is 8.75. The van der Waals surface area contributed by atoms with Gasteiger partial charge in [-0.2, -0.15) is 0 Å². The van der Waals surface area contributed by atoms with E-state index in [1.54, 1.807) is 12.1 Å². The van der Waals surface area contributed by atoms with Crippen molar-refractivity contribution in [2.24, 2.45) is 0 Å². The van der Waals surface area contributed by atoms with Crippen molar-refractivity contribution in [1.82, 2.24) is 4.90 Å². The van der Waals surface area contributed by atoms with Crippen LogP contribution in [0.15, 0.2) is 23.1 Å². The third kappa shape index (κ3) is 3.86. The minimum Gasteiger partial charge on any atom is -0.480 e. The predicted molar refractivity (Wildman–Crippen MR) is 92.1 cm³/mol. The molecule has 1 amide bonds. The highest BCUT2D eigenvalue weighted by Crippen LogP contribution is 2.26. The Morgan fingerprint density at radius 2 is 1.88 bits per heavy atom. The summed E-state index contributed by atoms with van der Waals surface area (Å²) in [5, 5.41) is 9.24. The Kier molecular flexibility index (Phi) is 5.13. The van der Waals surface area contributed by atoms with Gasteiger partial charge in [-0.05, 0) is 61.8 Å². The zero-order chi connectivity index (χ0) is 18.0. The van der Waals surface area contributed by atoms with E-state index in [1.807, 2.05) is 6.07 Å². The quantitative estimate of drug-likeness (QED) is 0.859. The number of sulfone groups is 1. The van der Waals surface area contributed by atoms with Crippen LogP contribution in [0.25, 0.3) is 0 Å². The number of amides is 1. The van der Waals surface area contributed by atoms with E-state index < -0.39 is 27.8 Å². The van der Waals surface area contributed by atoms with Crippen LogP contribution in [0.2, 0.25) is 0 Å². The second-order valence-corrected chi connectivity index (χ2v) is 8.90. The number of nitrogens with zero attached hydrogens (tertiary/aromatic N) is 1. The molecule has 1 aliphatic heterocycles. The van der Waals surface area contributed by atoms with E-state index in [0.29, 0.717) is 13.0 Å². The number of hydrogen-bond donors (Lipinski definition) is 1. The molecule has 25 heavy (non-hydrogen) atoms. The van der Waals surface area contributed by atoms with Crippen molar-refractivity contribution >= 4 is 21.7 Å². The minimum absolute atomic E-state index is 0.177. The molecule has 0 spiro atoms. The van der Waals surface area contributed by atoms with Crippen LogP contribution in [0.5, 0.6) is 0 Å². The molecule has 1 heterocycles. The van der Waals surface area contributed by atoms with Gasteiger partial charge in [0.15, 0.2) is 9.84 Å². The number of hydrogen-bond acceptors (Lipinski definition) is 4. The van der Waals surface area contributed by atoms with Crippen LogP contribution in [-0.2, 0) is 32.3 Å². The van der Waals surface area contributed by atoms with Gasteiger partial charge in [-0.3, -0.25) is 4.79 Å². The molecule has 3 rings (SSSR count). The van der Waals surface area contributed by atoms with E-state index in [2.05, 4.69) is 0 Å². The molecule has 0 aromatic heterocycles. The van der Waals surface area contributed by atoms with E-state index in [-0.39, 0.29) is 17.1 Å². The molecule has 1 atom stereocenters. The summed E-state index contributed by atoms with van der Waals surface area (Å²) in [5.41, 5.74) is 2.28. The Morgan fingerprint density at radius 3 is 2.64 bits per heavy atom. The molecule has 0 radical (unpaired) electrons. The maximum atomic E-state index is 12.5. The summed E-state index contributed by atoms with van der Waals surface area (Å²) in [6.45, 7) is 0.384. The topological polar surface area (TPSA) is 91.8 Å². The Bertz CT molecular complexity index is 787. The summed E-state index contributed by atoms with van der Waals surface area (Å²) in [4.78, 5) is 25.2. The van der Waals surface area contributed by atoms with Crippen molar-refractivity contribution in [1.29, 1.82) is 0 Å². The van der Waals surface area contributed by atoms with Crippen molar-refractivity contribution in [3.63, 3.8) is 0 Å². The fraction of sp³-hybridized carbons (Fsp3) is 0.556. The van der Waals surface area contributed by atoms with Crippen LogP contribution in [0.4, 0.5) is 0 Å². The minimum atomic E-state index is -3.55. The van der Waals surface area contributed by atoms with Crippen molar-refractivity contribution in [3.05, 3.63) is 29.3 Å². The van der Waals surface area contributed by atoms with E-state index in [9.17, 15) is 23.1 Å².